The van der Waals surface area contributed by atoms with Crippen LogP contribution >= 0.6 is 0 Å². The molecule has 2 aromatic heterocycles. The van der Waals surface area contributed by atoms with Gasteiger partial charge in [0.25, 0.3) is 0 Å². The minimum absolute atomic E-state index is 0.474. The fraction of sp³-hybridized carbons (Fsp3) is 0.318. The number of hydrogen-bond donors (Lipinski definition) is 1. The molecule has 2 aromatic carbocycles. The Morgan fingerprint density at radius 3 is 2.82 bits per heavy atom. The SMILES string of the molecule is COc1cc(-c2ccc3c(c2)ncn3C2CCCCC2)c2nc[nH]c2c1C#N. The van der Waals surface area contributed by atoms with Gasteiger partial charge in [-0.05, 0) is 36.6 Å². The minimum Gasteiger partial charge on any atom is -0.495 e. The van der Waals surface area contributed by atoms with Crippen LogP contribution in [-0.2, 0) is 0 Å². The quantitative estimate of drug-likeness (QED) is 0.552. The number of hydrogen-bond acceptors (Lipinski definition) is 4. The molecule has 0 bridgehead atoms. The summed E-state index contributed by atoms with van der Waals surface area (Å²) in [6, 6.07) is 11.0. The van der Waals surface area contributed by atoms with Crippen LogP contribution in [0.2, 0.25) is 0 Å². The van der Waals surface area contributed by atoms with Crippen molar-refractivity contribution in [2.24, 2.45) is 0 Å². The normalized spacial score (nSPS) is 15.1. The predicted molar refractivity (Wildman–Crippen MR) is 108 cm³/mol. The van der Waals surface area contributed by atoms with E-state index in [2.05, 4.69) is 43.8 Å². The highest BCUT2D eigenvalue weighted by atomic mass is 16.5. The van der Waals surface area contributed by atoms with Gasteiger partial charge in [0.15, 0.2) is 0 Å². The van der Waals surface area contributed by atoms with Crippen LogP contribution in [0.1, 0.15) is 43.7 Å². The molecule has 1 aliphatic carbocycles. The fourth-order valence-corrected chi connectivity index (χ4v) is 4.43. The Bertz CT molecular complexity index is 1210. The molecule has 0 unspecified atom stereocenters. The zero-order chi connectivity index (χ0) is 19.1. The van der Waals surface area contributed by atoms with E-state index in [4.69, 9.17) is 4.74 Å². The van der Waals surface area contributed by atoms with Crippen LogP contribution in [0.5, 0.6) is 5.75 Å². The zero-order valence-electron chi connectivity index (χ0n) is 15.8. The first-order valence-electron chi connectivity index (χ1n) is 9.71. The molecule has 5 rings (SSSR count). The molecule has 0 radical (unpaired) electrons. The van der Waals surface area contributed by atoms with Crippen molar-refractivity contribution in [1.82, 2.24) is 19.5 Å². The van der Waals surface area contributed by atoms with Gasteiger partial charge < -0.3 is 14.3 Å². The average Bonchev–Trinajstić information content (AvgIpc) is 3.40. The molecule has 0 saturated heterocycles. The van der Waals surface area contributed by atoms with Gasteiger partial charge in [0.05, 0.1) is 41.8 Å². The lowest BCUT2D eigenvalue weighted by Gasteiger charge is -2.23. The highest BCUT2D eigenvalue weighted by molar-refractivity contribution is 5.98. The zero-order valence-corrected chi connectivity index (χ0v) is 15.8. The lowest BCUT2D eigenvalue weighted by atomic mass is 9.95. The lowest BCUT2D eigenvalue weighted by Crippen LogP contribution is -2.11. The molecule has 0 aliphatic heterocycles. The van der Waals surface area contributed by atoms with Gasteiger partial charge in [-0.1, -0.05) is 25.3 Å². The summed E-state index contributed by atoms with van der Waals surface area (Å²) in [5, 5.41) is 9.50. The van der Waals surface area contributed by atoms with E-state index in [1.165, 1.54) is 37.6 Å². The highest BCUT2D eigenvalue weighted by Gasteiger charge is 2.19. The smallest absolute Gasteiger partial charge is 0.139 e. The van der Waals surface area contributed by atoms with Gasteiger partial charge in [-0.15, -0.1) is 0 Å². The number of aromatic amines is 1. The molecular weight excluding hydrogens is 350 g/mol. The minimum atomic E-state index is 0.474. The molecule has 1 aliphatic rings. The molecule has 1 fully saturated rings. The monoisotopic (exact) mass is 371 g/mol. The summed E-state index contributed by atoms with van der Waals surface area (Å²) in [5.74, 6) is 0.544. The summed E-state index contributed by atoms with van der Waals surface area (Å²) in [6.45, 7) is 0. The van der Waals surface area contributed by atoms with E-state index in [1.807, 2.05) is 12.4 Å². The van der Waals surface area contributed by atoms with E-state index in [9.17, 15) is 5.26 Å². The third-order valence-electron chi connectivity index (χ3n) is 5.85. The summed E-state index contributed by atoms with van der Waals surface area (Å²) >= 11 is 0. The predicted octanol–water partition coefficient (Wildman–Crippen LogP) is 4.97. The Balaban J connectivity index is 1.64. The fourth-order valence-electron chi connectivity index (χ4n) is 4.43. The number of nitrogens with zero attached hydrogens (tertiary/aromatic N) is 4. The van der Waals surface area contributed by atoms with Crippen molar-refractivity contribution in [3.63, 3.8) is 0 Å². The van der Waals surface area contributed by atoms with Crippen molar-refractivity contribution in [1.29, 1.82) is 5.26 Å². The average molecular weight is 371 g/mol. The van der Waals surface area contributed by atoms with E-state index in [0.29, 0.717) is 22.9 Å². The first-order valence-corrected chi connectivity index (χ1v) is 9.71. The highest BCUT2D eigenvalue weighted by Crippen LogP contribution is 2.37. The second-order valence-electron chi connectivity index (χ2n) is 7.39. The molecule has 6 heteroatoms. The number of ether oxygens (including phenoxy) is 1. The summed E-state index contributed by atoms with van der Waals surface area (Å²) < 4.78 is 7.79. The van der Waals surface area contributed by atoms with Crippen LogP contribution in [0.4, 0.5) is 0 Å². The Kier molecular flexibility index (Phi) is 4.01. The Labute approximate surface area is 162 Å². The van der Waals surface area contributed by atoms with Crippen molar-refractivity contribution in [3.05, 3.63) is 42.5 Å². The van der Waals surface area contributed by atoms with Crippen molar-refractivity contribution in [2.75, 3.05) is 7.11 Å². The first-order chi connectivity index (χ1) is 13.8. The molecule has 0 atom stereocenters. The Hall–Kier alpha value is -3.33. The maximum Gasteiger partial charge on any atom is 0.139 e. The van der Waals surface area contributed by atoms with Gasteiger partial charge in [0, 0.05) is 11.6 Å². The van der Waals surface area contributed by atoms with E-state index < -0.39 is 0 Å². The van der Waals surface area contributed by atoms with Gasteiger partial charge in [-0.3, -0.25) is 0 Å². The van der Waals surface area contributed by atoms with Gasteiger partial charge in [-0.25, -0.2) is 9.97 Å². The van der Waals surface area contributed by atoms with Crippen molar-refractivity contribution in [2.45, 2.75) is 38.1 Å². The molecule has 140 valence electrons. The number of fused-ring (bicyclic) bond motifs is 2. The lowest BCUT2D eigenvalue weighted by molar-refractivity contribution is 0.359. The number of methoxy groups -OCH3 is 1. The Morgan fingerprint density at radius 2 is 2.04 bits per heavy atom. The molecule has 0 amide bonds. The molecule has 4 aromatic rings. The van der Waals surface area contributed by atoms with Crippen molar-refractivity contribution in [3.8, 4) is 22.9 Å². The van der Waals surface area contributed by atoms with Gasteiger partial charge >= 0.3 is 0 Å². The maximum absolute atomic E-state index is 9.50. The van der Waals surface area contributed by atoms with E-state index in [-0.39, 0.29) is 0 Å². The first kappa shape index (κ1) is 16.8. The molecule has 0 spiro atoms. The number of nitrogens with one attached hydrogen (secondary N) is 1. The third kappa shape index (κ3) is 2.55. The number of nitriles is 1. The second-order valence-corrected chi connectivity index (χ2v) is 7.39. The topological polar surface area (TPSA) is 79.5 Å². The summed E-state index contributed by atoms with van der Waals surface area (Å²) in [4.78, 5) is 12.2. The van der Waals surface area contributed by atoms with Crippen LogP contribution in [0.15, 0.2) is 36.9 Å². The van der Waals surface area contributed by atoms with Crippen LogP contribution in [0.3, 0.4) is 0 Å². The molecule has 1 N–H and O–H groups in total. The number of rotatable bonds is 3. The number of imidazole rings is 2. The van der Waals surface area contributed by atoms with Crippen LogP contribution in [-0.4, -0.2) is 26.6 Å². The maximum atomic E-state index is 9.50. The second kappa shape index (κ2) is 6.68. The Morgan fingerprint density at radius 1 is 1.18 bits per heavy atom. The van der Waals surface area contributed by atoms with Crippen LogP contribution in [0, 0.1) is 11.3 Å². The van der Waals surface area contributed by atoms with Gasteiger partial charge in [0.2, 0.25) is 0 Å². The third-order valence-corrected chi connectivity index (χ3v) is 5.85. The van der Waals surface area contributed by atoms with E-state index in [0.717, 1.165) is 22.2 Å². The summed E-state index contributed by atoms with van der Waals surface area (Å²) in [6.07, 6.45) is 9.99. The number of aromatic nitrogens is 4. The van der Waals surface area contributed by atoms with Crippen molar-refractivity contribution < 1.29 is 4.74 Å². The summed E-state index contributed by atoms with van der Waals surface area (Å²) in [7, 11) is 1.58. The van der Waals surface area contributed by atoms with Crippen molar-refractivity contribution >= 4 is 22.1 Å². The van der Waals surface area contributed by atoms with E-state index >= 15 is 0 Å². The van der Waals surface area contributed by atoms with Gasteiger partial charge in [-0.2, -0.15) is 5.26 Å². The molecular formula is C22H21N5O. The molecule has 6 nitrogen and oxygen atoms in total. The number of benzene rings is 2. The van der Waals surface area contributed by atoms with E-state index in [1.54, 1.807) is 13.4 Å². The molecule has 1 saturated carbocycles. The van der Waals surface area contributed by atoms with Crippen LogP contribution < -0.4 is 4.74 Å². The van der Waals surface area contributed by atoms with Crippen LogP contribution in [0.25, 0.3) is 33.2 Å². The number of H-pyrrole nitrogens is 1. The van der Waals surface area contributed by atoms with Gasteiger partial charge in [0.1, 0.15) is 17.4 Å². The standard InChI is InChI=1S/C22H21N5O/c1-28-20-10-16(21-22(17(20)11-23)25-12-24-21)14-7-8-19-18(9-14)26-13-27(19)15-5-3-2-4-6-15/h7-10,12-13,15H,2-6H2,1H3,(H,24,25). The summed E-state index contributed by atoms with van der Waals surface area (Å²) in [5.41, 5.74) is 6.04. The molecule has 28 heavy (non-hydrogen) atoms. The largest absolute Gasteiger partial charge is 0.495 e. The molecule has 2 heterocycles.